The summed E-state index contributed by atoms with van der Waals surface area (Å²) >= 11 is 6.29. The van der Waals surface area contributed by atoms with Gasteiger partial charge in [0.2, 0.25) is 10.0 Å². The number of aliphatic carboxylic acids is 1. The largest absolute Gasteiger partial charge is 0.481 e. The molecular formula is C25H24ClN3O4S. The van der Waals surface area contributed by atoms with Crippen molar-refractivity contribution < 1.29 is 18.3 Å². The third-order valence-corrected chi connectivity index (χ3v) is 8.24. The van der Waals surface area contributed by atoms with Crippen LogP contribution in [0.3, 0.4) is 0 Å². The molecule has 0 bridgehead atoms. The first kappa shape index (κ1) is 24.0. The number of halogens is 1. The Morgan fingerprint density at radius 1 is 1.18 bits per heavy atom. The summed E-state index contributed by atoms with van der Waals surface area (Å²) in [6.45, 7) is 0.832. The van der Waals surface area contributed by atoms with Gasteiger partial charge < -0.3 is 10.1 Å². The average molecular weight is 498 g/mol. The molecule has 2 heterocycles. The van der Waals surface area contributed by atoms with Crippen LogP contribution in [0.25, 0.3) is 11.1 Å². The molecule has 34 heavy (non-hydrogen) atoms. The molecule has 7 nitrogen and oxygen atoms in total. The van der Waals surface area contributed by atoms with Gasteiger partial charge in [-0.1, -0.05) is 41.9 Å². The van der Waals surface area contributed by atoms with E-state index >= 15 is 0 Å². The summed E-state index contributed by atoms with van der Waals surface area (Å²) < 4.78 is 28.4. The highest BCUT2D eigenvalue weighted by atomic mass is 35.5. The van der Waals surface area contributed by atoms with E-state index in [0.29, 0.717) is 35.8 Å². The number of carbonyl (C=O) groups is 1. The van der Waals surface area contributed by atoms with E-state index in [4.69, 9.17) is 11.6 Å². The van der Waals surface area contributed by atoms with Gasteiger partial charge in [0.1, 0.15) is 6.07 Å². The third kappa shape index (κ3) is 5.17. The van der Waals surface area contributed by atoms with Crippen molar-refractivity contribution in [3.63, 3.8) is 0 Å². The fourth-order valence-corrected chi connectivity index (χ4v) is 6.32. The number of H-pyrrole nitrogens is 1. The highest BCUT2D eigenvalue weighted by molar-refractivity contribution is 7.89. The molecule has 4 rings (SSSR count). The first-order valence-corrected chi connectivity index (χ1v) is 12.8. The Balaban J connectivity index is 1.58. The van der Waals surface area contributed by atoms with Gasteiger partial charge in [0.05, 0.1) is 16.9 Å². The van der Waals surface area contributed by atoms with Crippen LogP contribution in [0.4, 0.5) is 0 Å². The number of carboxylic acids is 1. The van der Waals surface area contributed by atoms with Gasteiger partial charge in [-0.3, -0.25) is 4.79 Å². The molecule has 1 aliphatic heterocycles. The van der Waals surface area contributed by atoms with E-state index in [0.717, 1.165) is 19.3 Å². The molecule has 1 aliphatic rings. The van der Waals surface area contributed by atoms with Gasteiger partial charge in [-0.15, -0.1) is 0 Å². The molecule has 1 saturated heterocycles. The van der Waals surface area contributed by atoms with E-state index in [1.165, 1.54) is 28.2 Å². The van der Waals surface area contributed by atoms with Crippen LogP contribution >= 0.6 is 11.6 Å². The number of carboxylic acid groups (broad SMARTS) is 1. The van der Waals surface area contributed by atoms with Crippen molar-refractivity contribution in [3.05, 3.63) is 76.6 Å². The molecule has 9 heteroatoms. The number of aromatic amines is 1. The molecule has 3 aromatic rings. The molecule has 0 atom stereocenters. The Kier molecular flexibility index (Phi) is 7.08. The number of hydrogen-bond acceptors (Lipinski definition) is 4. The molecule has 2 aromatic carbocycles. The van der Waals surface area contributed by atoms with E-state index in [9.17, 15) is 23.6 Å². The van der Waals surface area contributed by atoms with Crippen molar-refractivity contribution in [2.24, 2.45) is 5.92 Å². The molecule has 1 aromatic heterocycles. The van der Waals surface area contributed by atoms with Gasteiger partial charge in [0, 0.05) is 35.6 Å². The van der Waals surface area contributed by atoms with Crippen molar-refractivity contribution in [2.75, 3.05) is 13.1 Å². The minimum absolute atomic E-state index is 0.0304. The minimum Gasteiger partial charge on any atom is -0.481 e. The van der Waals surface area contributed by atoms with E-state index in [1.54, 1.807) is 6.07 Å². The summed E-state index contributed by atoms with van der Waals surface area (Å²) in [5.41, 5.74) is 2.53. The van der Waals surface area contributed by atoms with Crippen LogP contribution < -0.4 is 0 Å². The average Bonchev–Trinajstić information content (AvgIpc) is 3.21. The first-order valence-electron chi connectivity index (χ1n) is 10.9. The lowest BCUT2D eigenvalue weighted by Gasteiger charge is -2.31. The predicted octanol–water partition coefficient (Wildman–Crippen LogP) is 4.48. The number of piperidine rings is 1. The summed E-state index contributed by atoms with van der Waals surface area (Å²) in [5.74, 6) is -0.652. The number of nitrogens with zero attached hydrogens (tertiary/aromatic N) is 2. The second-order valence-corrected chi connectivity index (χ2v) is 10.8. The van der Waals surface area contributed by atoms with Crippen molar-refractivity contribution >= 4 is 27.6 Å². The zero-order valence-corrected chi connectivity index (χ0v) is 19.9. The van der Waals surface area contributed by atoms with Gasteiger partial charge in [-0.25, -0.2) is 8.42 Å². The second kappa shape index (κ2) is 10.0. The number of aromatic nitrogens is 1. The topological polar surface area (TPSA) is 114 Å². The van der Waals surface area contributed by atoms with Crippen LogP contribution in [0.15, 0.2) is 59.6 Å². The number of nitriles is 1. The lowest BCUT2D eigenvalue weighted by molar-refractivity contribution is -0.136. The molecule has 1 fully saturated rings. The van der Waals surface area contributed by atoms with E-state index in [-0.39, 0.29) is 21.9 Å². The lowest BCUT2D eigenvalue weighted by atomic mass is 9.91. The Bertz CT molecular complexity index is 1340. The van der Waals surface area contributed by atoms with Crippen molar-refractivity contribution in [3.8, 4) is 17.2 Å². The summed E-state index contributed by atoms with van der Waals surface area (Å²) in [5, 5.41) is 18.9. The van der Waals surface area contributed by atoms with Gasteiger partial charge in [-0.2, -0.15) is 9.57 Å². The molecule has 0 radical (unpaired) electrons. The maximum Gasteiger partial charge on any atom is 0.309 e. The van der Waals surface area contributed by atoms with E-state index in [1.807, 2.05) is 24.3 Å². The van der Waals surface area contributed by atoms with Crippen LogP contribution in [0, 0.1) is 17.2 Å². The number of rotatable bonds is 7. The molecule has 0 spiro atoms. The fourth-order valence-electron chi connectivity index (χ4n) is 4.48. The van der Waals surface area contributed by atoms with Crippen molar-refractivity contribution in [1.29, 1.82) is 5.26 Å². The zero-order valence-electron chi connectivity index (χ0n) is 18.4. The third-order valence-electron chi connectivity index (χ3n) is 6.15. The Morgan fingerprint density at radius 2 is 1.88 bits per heavy atom. The number of nitrogens with one attached hydrogen (secondary N) is 1. The normalized spacial score (nSPS) is 15.2. The van der Waals surface area contributed by atoms with Gasteiger partial charge >= 0.3 is 5.97 Å². The quantitative estimate of drug-likeness (QED) is 0.499. The zero-order chi connectivity index (χ0) is 24.3. The Labute approximate surface area is 203 Å². The van der Waals surface area contributed by atoms with Crippen LogP contribution in [0.5, 0.6) is 0 Å². The van der Waals surface area contributed by atoms with E-state index in [2.05, 4.69) is 17.1 Å². The molecular weight excluding hydrogens is 474 g/mol. The monoisotopic (exact) mass is 497 g/mol. The van der Waals surface area contributed by atoms with Gasteiger partial charge in [-0.05, 0) is 54.5 Å². The van der Waals surface area contributed by atoms with Gasteiger partial charge in [0.25, 0.3) is 0 Å². The summed E-state index contributed by atoms with van der Waals surface area (Å²) in [7, 11) is -3.81. The molecule has 0 aliphatic carbocycles. The molecule has 2 N–H and O–H groups in total. The SMILES string of the molecule is N#Cc1c[nH]c(CC(=O)O)c1-c1cc(Cl)cc(S(=O)(=O)N2CCC(Cc3ccccc3)CC2)c1. The highest BCUT2D eigenvalue weighted by Gasteiger charge is 2.30. The highest BCUT2D eigenvalue weighted by Crippen LogP contribution is 2.34. The first-order chi connectivity index (χ1) is 16.3. The van der Waals surface area contributed by atoms with Crippen LogP contribution in [-0.4, -0.2) is 41.9 Å². The number of sulfonamides is 1. The van der Waals surface area contributed by atoms with Gasteiger partial charge in [0.15, 0.2) is 0 Å². The predicted molar refractivity (Wildman–Crippen MR) is 129 cm³/mol. The lowest BCUT2D eigenvalue weighted by Crippen LogP contribution is -2.38. The molecule has 176 valence electrons. The van der Waals surface area contributed by atoms with E-state index < -0.39 is 16.0 Å². The van der Waals surface area contributed by atoms with Crippen LogP contribution in [-0.2, 0) is 27.7 Å². The van der Waals surface area contributed by atoms with Crippen molar-refractivity contribution in [2.45, 2.75) is 30.6 Å². The summed E-state index contributed by atoms with van der Waals surface area (Å²) in [6, 6.07) is 16.6. The van der Waals surface area contributed by atoms with Crippen LogP contribution in [0.2, 0.25) is 5.02 Å². The fraction of sp³-hybridized carbons (Fsp3) is 0.280. The number of hydrogen-bond donors (Lipinski definition) is 2. The smallest absolute Gasteiger partial charge is 0.309 e. The van der Waals surface area contributed by atoms with Crippen molar-refractivity contribution in [1.82, 2.24) is 9.29 Å². The van der Waals surface area contributed by atoms with Crippen LogP contribution in [0.1, 0.15) is 29.7 Å². The number of benzene rings is 2. The Hall–Kier alpha value is -3.12. The summed E-state index contributed by atoms with van der Waals surface area (Å²) in [4.78, 5) is 14.1. The molecule has 0 saturated carbocycles. The Morgan fingerprint density at radius 3 is 2.53 bits per heavy atom. The second-order valence-electron chi connectivity index (χ2n) is 8.45. The standard InChI is InChI=1S/C25H24ClN3O4S/c26-21-11-19(25-20(15-27)16-28-23(25)14-24(30)31)12-22(13-21)34(32,33)29-8-6-18(7-9-29)10-17-4-2-1-3-5-17/h1-5,11-13,16,18,28H,6-10,14H2,(H,30,31). The maximum atomic E-state index is 13.4. The minimum atomic E-state index is -3.81. The molecule has 0 amide bonds. The summed E-state index contributed by atoms with van der Waals surface area (Å²) in [6.07, 6.45) is 3.54. The maximum absolute atomic E-state index is 13.4. The molecule has 0 unspecified atom stereocenters.